The van der Waals surface area contributed by atoms with Gasteiger partial charge in [0, 0.05) is 0 Å². The van der Waals surface area contributed by atoms with E-state index in [1.54, 1.807) is 6.07 Å². The fourth-order valence-electron chi connectivity index (χ4n) is 1.83. The molecule has 1 unspecified atom stereocenters. The van der Waals surface area contributed by atoms with Gasteiger partial charge in [-0.2, -0.15) is 22.0 Å². The van der Waals surface area contributed by atoms with Crippen LogP contribution < -0.4 is 0 Å². The molecule has 0 nitrogen and oxygen atoms in total. The average molecular weight is 345 g/mol. The molecular weight excluding hydrogens is 331 g/mol. The summed E-state index contributed by atoms with van der Waals surface area (Å²) in [6, 6.07) is 4.34. The number of hydrogen-bond donors (Lipinski definition) is 0. The van der Waals surface area contributed by atoms with E-state index in [2.05, 4.69) is 15.9 Å². The molecule has 1 atom stereocenters. The summed E-state index contributed by atoms with van der Waals surface area (Å²) in [5.41, 5.74) is 1.69. The summed E-state index contributed by atoms with van der Waals surface area (Å²) in [5.74, 6) is -4.80. The molecule has 1 aromatic carbocycles. The second-order valence-corrected chi connectivity index (χ2v) is 5.13. The third-order valence-corrected chi connectivity index (χ3v) is 4.08. The van der Waals surface area contributed by atoms with Crippen LogP contribution in [0.15, 0.2) is 18.2 Å². The molecule has 0 radical (unpaired) electrons. The fourth-order valence-corrected chi connectivity index (χ4v) is 2.37. The quantitative estimate of drug-likeness (QED) is 0.503. The highest BCUT2D eigenvalue weighted by Gasteiger charge is 2.62. The van der Waals surface area contributed by atoms with Crippen LogP contribution >= 0.6 is 15.9 Å². The van der Waals surface area contributed by atoms with Crippen molar-refractivity contribution >= 4 is 15.9 Å². The van der Waals surface area contributed by atoms with Crippen LogP contribution in [0, 0.1) is 0 Å². The van der Waals surface area contributed by atoms with Gasteiger partial charge < -0.3 is 0 Å². The minimum atomic E-state index is -5.57. The Bertz CT molecular complexity index is 439. The average Bonchev–Trinajstić information content (AvgIpc) is 2.35. The van der Waals surface area contributed by atoms with Crippen LogP contribution in [0.3, 0.4) is 0 Å². The molecule has 1 aromatic rings. The lowest BCUT2D eigenvalue weighted by Gasteiger charge is -2.25. The number of rotatable bonds is 4. The van der Waals surface area contributed by atoms with Crippen LogP contribution in [-0.2, 0) is 12.8 Å². The summed E-state index contributed by atoms with van der Waals surface area (Å²) in [6.07, 6.45) is -4.27. The van der Waals surface area contributed by atoms with Crippen LogP contribution in [0.2, 0.25) is 0 Å². The number of hydrogen-bond acceptors (Lipinski definition) is 0. The third-order valence-electron chi connectivity index (χ3n) is 2.98. The molecule has 19 heavy (non-hydrogen) atoms. The van der Waals surface area contributed by atoms with E-state index in [4.69, 9.17) is 0 Å². The maximum atomic E-state index is 13.3. The Balaban J connectivity index is 3.17. The highest BCUT2D eigenvalue weighted by molar-refractivity contribution is 9.09. The van der Waals surface area contributed by atoms with Crippen molar-refractivity contribution in [2.75, 3.05) is 0 Å². The van der Waals surface area contributed by atoms with Gasteiger partial charge in [-0.1, -0.05) is 48.0 Å². The monoisotopic (exact) mass is 344 g/mol. The molecule has 0 bridgehead atoms. The van der Waals surface area contributed by atoms with Crippen molar-refractivity contribution in [3.05, 3.63) is 34.9 Å². The summed E-state index contributed by atoms with van der Waals surface area (Å²) < 4.78 is 63.5. The van der Waals surface area contributed by atoms with Crippen LogP contribution in [-0.4, -0.2) is 12.1 Å². The number of halogens is 6. The van der Waals surface area contributed by atoms with Crippen LogP contribution in [0.4, 0.5) is 22.0 Å². The normalized spacial score (nSPS) is 14.5. The van der Waals surface area contributed by atoms with E-state index in [0.717, 1.165) is 11.1 Å². The number of benzene rings is 1. The summed E-state index contributed by atoms with van der Waals surface area (Å²) in [4.78, 5) is -2.07. The van der Waals surface area contributed by atoms with Crippen LogP contribution in [0.5, 0.6) is 0 Å². The van der Waals surface area contributed by atoms with Crippen molar-refractivity contribution in [2.45, 2.75) is 43.6 Å². The zero-order chi connectivity index (χ0) is 14.8. The van der Waals surface area contributed by atoms with Gasteiger partial charge in [-0.05, 0) is 29.5 Å². The van der Waals surface area contributed by atoms with E-state index in [0.29, 0.717) is 12.8 Å². The van der Waals surface area contributed by atoms with Gasteiger partial charge in [-0.25, -0.2) is 0 Å². The molecule has 0 aliphatic carbocycles. The van der Waals surface area contributed by atoms with Gasteiger partial charge in [0.2, 0.25) is 0 Å². The van der Waals surface area contributed by atoms with Crippen molar-refractivity contribution in [3.63, 3.8) is 0 Å². The van der Waals surface area contributed by atoms with Crippen molar-refractivity contribution in [1.29, 1.82) is 0 Å². The predicted octanol–water partition coefficient (Wildman–Crippen LogP) is 5.45. The number of alkyl halides is 6. The van der Waals surface area contributed by atoms with Gasteiger partial charge in [0.1, 0.15) is 4.83 Å². The van der Waals surface area contributed by atoms with Crippen molar-refractivity contribution in [2.24, 2.45) is 0 Å². The fraction of sp³-hybridized carbons (Fsp3) is 0.538. The highest BCUT2D eigenvalue weighted by Crippen LogP contribution is 2.49. The van der Waals surface area contributed by atoms with Gasteiger partial charge in [-0.15, -0.1) is 0 Å². The highest BCUT2D eigenvalue weighted by atomic mass is 79.9. The molecule has 0 spiro atoms. The Hall–Kier alpha value is -0.650. The molecule has 0 heterocycles. The molecule has 0 aromatic heterocycles. The Morgan fingerprint density at radius 3 is 1.95 bits per heavy atom. The molecule has 0 N–H and O–H groups in total. The summed E-state index contributed by atoms with van der Waals surface area (Å²) in [5, 5.41) is 0. The Morgan fingerprint density at radius 2 is 1.53 bits per heavy atom. The third kappa shape index (κ3) is 3.27. The van der Waals surface area contributed by atoms with E-state index < -0.39 is 16.9 Å². The van der Waals surface area contributed by atoms with E-state index in [1.165, 1.54) is 12.1 Å². The first-order valence-electron chi connectivity index (χ1n) is 5.85. The summed E-state index contributed by atoms with van der Waals surface area (Å²) >= 11 is 2.48. The molecule has 0 aliphatic heterocycles. The second-order valence-electron chi connectivity index (χ2n) is 4.22. The Kier molecular flexibility index (Phi) is 4.98. The maximum Gasteiger partial charge on any atom is 0.454 e. The zero-order valence-corrected chi connectivity index (χ0v) is 12.1. The largest absolute Gasteiger partial charge is 0.454 e. The van der Waals surface area contributed by atoms with E-state index in [-0.39, 0.29) is 5.56 Å². The SMILES string of the molecule is CCc1ccc(C(Br)C(F)(F)C(F)(F)F)cc1CC. The Labute approximate surface area is 117 Å². The van der Waals surface area contributed by atoms with E-state index in [1.807, 2.05) is 13.8 Å². The topological polar surface area (TPSA) is 0 Å². The maximum absolute atomic E-state index is 13.3. The van der Waals surface area contributed by atoms with Crippen LogP contribution in [0.25, 0.3) is 0 Å². The van der Waals surface area contributed by atoms with Gasteiger partial charge >= 0.3 is 12.1 Å². The van der Waals surface area contributed by atoms with Crippen molar-refractivity contribution < 1.29 is 22.0 Å². The molecule has 0 saturated carbocycles. The lowest BCUT2D eigenvalue weighted by atomic mass is 9.97. The molecular formula is C13H14BrF5. The van der Waals surface area contributed by atoms with Gasteiger partial charge in [0.05, 0.1) is 0 Å². The Morgan fingerprint density at radius 1 is 1.00 bits per heavy atom. The zero-order valence-electron chi connectivity index (χ0n) is 10.5. The lowest BCUT2D eigenvalue weighted by Crippen LogP contribution is -2.40. The lowest BCUT2D eigenvalue weighted by molar-refractivity contribution is -0.281. The van der Waals surface area contributed by atoms with Gasteiger partial charge in [0.15, 0.2) is 0 Å². The molecule has 0 aliphatic rings. The number of aryl methyl sites for hydroxylation is 2. The van der Waals surface area contributed by atoms with Crippen molar-refractivity contribution in [3.8, 4) is 0 Å². The minimum Gasteiger partial charge on any atom is -0.195 e. The molecule has 1 rings (SSSR count). The molecule has 0 amide bonds. The second kappa shape index (κ2) is 5.77. The van der Waals surface area contributed by atoms with E-state index >= 15 is 0 Å². The predicted molar refractivity (Wildman–Crippen MR) is 67.9 cm³/mol. The first kappa shape index (κ1) is 16.4. The molecule has 6 heteroatoms. The summed E-state index contributed by atoms with van der Waals surface area (Å²) in [6.45, 7) is 3.74. The molecule has 108 valence electrons. The minimum absolute atomic E-state index is 0.0589. The first-order valence-corrected chi connectivity index (χ1v) is 6.77. The van der Waals surface area contributed by atoms with Gasteiger partial charge in [-0.3, -0.25) is 0 Å². The first-order chi connectivity index (χ1) is 8.65. The smallest absolute Gasteiger partial charge is 0.195 e. The summed E-state index contributed by atoms with van der Waals surface area (Å²) in [7, 11) is 0. The molecule has 0 fully saturated rings. The van der Waals surface area contributed by atoms with Gasteiger partial charge in [0.25, 0.3) is 0 Å². The van der Waals surface area contributed by atoms with Crippen molar-refractivity contribution in [1.82, 2.24) is 0 Å². The van der Waals surface area contributed by atoms with Crippen LogP contribution in [0.1, 0.15) is 35.4 Å². The van der Waals surface area contributed by atoms with E-state index in [9.17, 15) is 22.0 Å². The molecule has 0 saturated heterocycles. The standard InChI is InChI=1S/C13H14BrF5/c1-3-8-5-6-10(7-9(8)4-2)11(14)12(15,16)13(17,18)19/h5-7,11H,3-4H2,1-2H3.